The van der Waals surface area contributed by atoms with Gasteiger partial charge in [0, 0.05) is 20.8 Å². The van der Waals surface area contributed by atoms with E-state index in [-0.39, 0.29) is 0 Å². The molecule has 6 heteroatoms. The molecule has 0 unspecified atom stereocenters. The minimum absolute atomic E-state index is 0.587. The molecule has 0 spiro atoms. The Balaban J connectivity index is 2.08. The summed E-state index contributed by atoms with van der Waals surface area (Å²) in [6, 6.07) is 11.8. The Hall–Kier alpha value is -1.95. The van der Waals surface area contributed by atoms with Crippen LogP contribution in [0.5, 0.6) is 0 Å². The van der Waals surface area contributed by atoms with Crippen LogP contribution in [0.25, 0.3) is 11.3 Å². The van der Waals surface area contributed by atoms with Gasteiger partial charge in [0.2, 0.25) is 4.80 Å². The topological polar surface area (TPSA) is 29.6 Å². The van der Waals surface area contributed by atoms with Gasteiger partial charge >= 0.3 is 0 Å². The molecule has 3 nitrogen and oxygen atoms in total. The first kappa shape index (κ1) is 16.9. The number of rotatable bonds is 5. The molecule has 24 heavy (non-hydrogen) atoms. The Morgan fingerprint density at radius 3 is 2.88 bits per heavy atom. The predicted molar refractivity (Wildman–Crippen MR) is 105 cm³/mol. The van der Waals surface area contributed by atoms with Crippen LogP contribution in [0.1, 0.15) is 11.8 Å². The lowest BCUT2D eigenvalue weighted by molar-refractivity contribution is 0.836. The molecule has 1 aromatic carbocycles. The molecule has 2 aromatic heterocycles. The Labute approximate surface area is 153 Å². The van der Waals surface area contributed by atoms with Crippen LogP contribution in [0.2, 0.25) is 5.02 Å². The molecule has 0 radical (unpaired) electrons. The van der Waals surface area contributed by atoms with Gasteiger partial charge in [0.15, 0.2) is 0 Å². The average molecular weight is 374 g/mol. The standard InChI is InChI=1S/C18H16ClN3S2/c1-13(2)10-20-18-22(21-11-16-7-4-8-23-16)17(12-24-18)14-5-3-6-15(19)9-14/h3-9,11-12H,1,10H2,2H3. The zero-order valence-corrected chi connectivity index (χ0v) is 15.5. The average Bonchev–Trinajstić information content (AvgIpc) is 3.20. The van der Waals surface area contributed by atoms with E-state index in [2.05, 4.69) is 22.1 Å². The molecule has 3 rings (SSSR count). The number of aromatic nitrogens is 1. The van der Waals surface area contributed by atoms with Crippen molar-refractivity contribution in [1.29, 1.82) is 0 Å². The summed E-state index contributed by atoms with van der Waals surface area (Å²) in [5.41, 5.74) is 3.00. The van der Waals surface area contributed by atoms with E-state index in [4.69, 9.17) is 11.6 Å². The maximum Gasteiger partial charge on any atom is 0.206 e. The minimum Gasteiger partial charge on any atom is -0.253 e. The summed E-state index contributed by atoms with van der Waals surface area (Å²) in [6.07, 6.45) is 1.85. The number of hydrogen-bond acceptors (Lipinski definition) is 4. The van der Waals surface area contributed by atoms with E-state index in [1.165, 1.54) is 0 Å². The summed E-state index contributed by atoms with van der Waals surface area (Å²) in [4.78, 5) is 6.54. The van der Waals surface area contributed by atoms with Crippen molar-refractivity contribution in [3.8, 4) is 11.3 Å². The van der Waals surface area contributed by atoms with E-state index >= 15 is 0 Å². The first-order valence-corrected chi connectivity index (χ1v) is 9.46. The van der Waals surface area contributed by atoms with Gasteiger partial charge in [-0.2, -0.15) is 5.10 Å². The third-order valence-electron chi connectivity index (χ3n) is 3.13. The maximum atomic E-state index is 6.14. The lowest BCUT2D eigenvalue weighted by atomic mass is 10.2. The zero-order chi connectivity index (χ0) is 16.9. The van der Waals surface area contributed by atoms with Crippen molar-refractivity contribution in [3.05, 3.63) is 74.0 Å². The predicted octanol–water partition coefficient (Wildman–Crippen LogP) is 5.29. The van der Waals surface area contributed by atoms with Crippen LogP contribution < -0.4 is 4.80 Å². The summed E-state index contributed by atoms with van der Waals surface area (Å²) in [5, 5.41) is 9.42. The highest BCUT2D eigenvalue weighted by molar-refractivity contribution is 7.11. The SMILES string of the molecule is C=C(C)CN=c1scc(-c2cccc(Cl)c2)n1N=Cc1cccs1. The second-order valence-corrected chi connectivity index (χ2v) is 7.51. The first-order chi connectivity index (χ1) is 11.6. The van der Waals surface area contributed by atoms with Gasteiger partial charge in [0.05, 0.1) is 18.5 Å². The van der Waals surface area contributed by atoms with Crippen molar-refractivity contribution in [1.82, 2.24) is 4.68 Å². The van der Waals surface area contributed by atoms with Crippen LogP contribution in [-0.4, -0.2) is 17.4 Å². The van der Waals surface area contributed by atoms with E-state index in [1.54, 1.807) is 22.7 Å². The summed E-state index contributed by atoms with van der Waals surface area (Å²) in [7, 11) is 0. The van der Waals surface area contributed by atoms with Crippen LogP contribution in [0.4, 0.5) is 0 Å². The normalized spacial score (nSPS) is 12.2. The van der Waals surface area contributed by atoms with Crippen molar-refractivity contribution < 1.29 is 0 Å². The number of benzene rings is 1. The first-order valence-electron chi connectivity index (χ1n) is 7.33. The summed E-state index contributed by atoms with van der Waals surface area (Å²) in [5.74, 6) is 0. The second kappa shape index (κ2) is 7.75. The van der Waals surface area contributed by atoms with Crippen LogP contribution >= 0.6 is 34.3 Å². The molecule has 0 aliphatic heterocycles. The quantitative estimate of drug-likeness (QED) is 0.429. The van der Waals surface area contributed by atoms with Gasteiger partial charge in [-0.15, -0.1) is 22.7 Å². The largest absolute Gasteiger partial charge is 0.253 e. The Morgan fingerprint density at radius 2 is 2.17 bits per heavy atom. The molecule has 0 atom stereocenters. The van der Waals surface area contributed by atoms with E-state index in [0.717, 1.165) is 26.5 Å². The van der Waals surface area contributed by atoms with Gasteiger partial charge in [-0.3, -0.25) is 4.99 Å². The molecule has 0 bridgehead atoms. The molecule has 0 fully saturated rings. The molecule has 0 amide bonds. The Morgan fingerprint density at radius 1 is 1.29 bits per heavy atom. The molecule has 0 saturated carbocycles. The molecule has 2 heterocycles. The molecule has 122 valence electrons. The summed E-state index contributed by atoms with van der Waals surface area (Å²) >= 11 is 9.34. The van der Waals surface area contributed by atoms with Crippen molar-refractivity contribution >= 4 is 40.5 Å². The highest BCUT2D eigenvalue weighted by atomic mass is 35.5. The summed E-state index contributed by atoms with van der Waals surface area (Å²) < 4.78 is 1.86. The molecule has 0 aliphatic rings. The van der Waals surface area contributed by atoms with E-state index < -0.39 is 0 Å². The Kier molecular flexibility index (Phi) is 5.45. The highest BCUT2D eigenvalue weighted by Gasteiger charge is 2.08. The molecule has 3 aromatic rings. The third-order valence-corrected chi connectivity index (χ3v) is 5.03. The fourth-order valence-corrected chi connectivity index (χ4v) is 3.65. The fraction of sp³-hybridized carbons (Fsp3) is 0.111. The minimum atomic E-state index is 0.587. The van der Waals surface area contributed by atoms with Crippen LogP contribution in [0.3, 0.4) is 0 Å². The van der Waals surface area contributed by atoms with E-state index in [9.17, 15) is 0 Å². The van der Waals surface area contributed by atoms with Gasteiger partial charge in [0.1, 0.15) is 0 Å². The fourth-order valence-electron chi connectivity index (χ4n) is 2.05. The summed E-state index contributed by atoms with van der Waals surface area (Å²) in [6.45, 7) is 6.46. The molecule has 0 saturated heterocycles. The van der Waals surface area contributed by atoms with Gasteiger partial charge in [-0.05, 0) is 30.5 Å². The van der Waals surface area contributed by atoms with Crippen molar-refractivity contribution in [2.24, 2.45) is 10.1 Å². The number of thiazole rings is 1. The number of nitrogens with zero attached hydrogens (tertiary/aromatic N) is 3. The smallest absolute Gasteiger partial charge is 0.206 e. The second-order valence-electron chi connectivity index (χ2n) is 5.26. The number of thiophene rings is 1. The van der Waals surface area contributed by atoms with E-state index in [0.29, 0.717) is 11.6 Å². The molecular formula is C18H16ClN3S2. The van der Waals surface area contributed by atoms with Crippen molar-refractivity contribution in [3.63, 3.8) is 0 Å². The zero-order valence-electron chi connectivity index (χ0n) is 13.1. The van der Waals surface area contributed by atoms with Crippen LogP contribution in [0, 0.1) is 0 Å². The molecule has 0 N–H and O–H groups in total. The maximum absolute atomic E-state index is 6.14. The van der Waals surface area contributed by atoms with E-state index in [1.807, 2.05) is 59.6 Å². The van der Waals surface area contributed by atoms with Gasteiger partial charge in [0.25, 0.3) is 0 Å². The molecular weight excluding hydrogens is 358 g/mol. The third kappa shape index (κ3) is 4.12. The van der Waals surface area contributed by atoms with Gasteiger partial charge in [-0.1, -0.05) is 42.0 Å². The van der Waals surface area contributed by atoms with Gasteiger partial charge < -0.3 is 0 Å². The number of hydrogen-bond donors (Lipinski definition) is 0. The van der Waals surface area contributed by atoms with Crippen LogP contribution in [-0.2, 0) is 0 Å². The monoisotopic (exact) mass is 373 g/mol. The van der Waals surface area contributed by atoms with Crippen molar-refractivity contribution in [2.45, 2.75) is 6.92 Å². The van der Waals surface area contributed by atoms with Crippen LogP contribution in [0.15, 0.2) is 69.4 Å². The highest BCUT2D eigenvalue weighted by Crippen LogP contribution is 2.23. The van der Waals surface area contributed by atoms with Gasteiger partial charge in [-0.25, -0.2) is 4.68 Å². The lowest BCUT2D eigenvalue weighted by Gasteiger charge is -2.04. The lowest BCUT2D eigenvalue weighted by Crippen LogP contribution is -2.12. The Bertz CT molecular complexity index is 933. The number of halogens is 1. The molecule has 0 aliphatic carbocycles. The van der Waals surface area contributed by atoms with Crippen molar-refractivity contribution in [2.75, 3.05) is 6.54 Å².